The van der Waals surface area contributed by atoms with Gasteiger partial charge in [0.2, 0.25) is 11.9 Å². The Morgan fingerprint density at radius 3 is 2.70 bits per heavy atom. The van der Waals surface area contributed by atoms with Crippen LogP contribution in [-0.4, -0.2) is 58.0 Å². The molecule has 2 aromatic heterocycles. The van der Waals surface area contributed by atoms with Crippen LogP contribution < -0.4 is 10.2 Å². The Labute approximate surface area is 158 Å². The quantitative estimate of drug-likeness (QED) is 0.722. The molecular formula is C20H24N6O. The minimum absolute atomic E-state index is 0.141. The first-order valence-electron chi connectivity index (χ1n) is 9.31. The van der Waals surface area contributed by atoms with Crippen molar-refractivity contribution in [1.29, 1.82) is 0 Å². The number of aromatic nitrogens is 3. The number of carbonyl (C=O) groups is 1. The molecule has 2 N–H and O–H groups in total. The number of para-hydroxylation sites is 1. The zero-order chi connectivity index (χ0) is 18.6. The largest absolute Gasteiger partial charge is 0.361 e. The molecule has 7 heteroatoms. The molecule has 0 bridgehead atoms. The van der Waals surface area contributed by atoms with E-state index in [9.17, 15) is 4.79 Å². The summed E-state index contributed by atoms with van der Waals surface area (Å²) in [6.45, 7) is 5.48. The third-order valence-electron chi connectivity index (χ3n) is 5.07. The van der Waals surface area contributed by atoms with Crippen LogP contribution in [0.4, 0.5) is 5.95 Å². The maximum Gasteiger partial charge on any atom is 0.239 e. The van der Waals surface area contributed by atoms with Crippen LogP contribution in [0.3, 0.4) is 0 Å². The van der Waals surface area contributed by atoms with Crippen molar-refractivity contribution in [1.82, 2.24) is 25.2 Å². The molecule has 1 aliphatic heterocycles. The van der Waals surface area contributed by atoms with Crippen LogP contribution in [-0.2, 0) is 11.3 Å². The number of benzene rings is 1. The fraction of sp³-hybridized carbons (Fsp3) is 0.350. The van der Waals surface area contributed by atoms with Crippen LogP contribution >= 0.6 is 0 Å². The summed E-state index contributed by atoms with van der Waals surface area (Å²) in [5.41, 5.74) is 2.30. The highest BCUT2D eigenvalue weighted by Crippen LogP contribution is 2.17. The summed E-state index contributed by atoms with van der Waals surface area (Å²) in [6.07, 6.45) is 5.44. The first kappa shape index (κ1) is 17.5. The second-order valence-corrected chi connectivity index (χ2v) is 6.82. The lowest BCUT2D eigenvalue weighted by Gasteiger charge is -2.36. The van der Waals surface area contributed by atoms with Gasteiger partial charge in [-0.05, 0) is 30.0 Å². The molecule has 0 radical (unpaired) electrons. The molecule has 1 aromatic carbocycles. The van der Waals surface area contributed by atoms with E-state index in [0.29, 0.717) is 19.6 Å². The number of anilines is 1. The fourth-order valence-electron chi connectivity index (χ4n) is 3.50. The number of amides is 1. The first-order valence-corrected chi connectivity index (χ1v) is 9.31. The molecule has 0 aliphatic carbocycles. The Morgan fingerprint density at radius 2 is 1.93 bits per heavy atom. The van der Waals surface area contributed by atoms with E-state index in [4.69, 9.17) is 0 Å². The molecule has 1 saturated heterocycles. The molecule has 7 nitrogen and oxygen atoms in total. The summed E-state index contributed by atoms with van der Waals surface area (Å²) in [4.78, 5) is 28.7. The molecule has 0 spiro atoms. The number of piperazine rings is 1. The average Bonchev–Trinajstić information content (AvgIpc) is 3.22. The third kappa shape index (κ3) is 3.78. The van der Waals surface area contributed by atoms with Gasteiger partial charge in [-0.15, -0.1) is 0 Å². The van der Waals surface area contributed by atoms with Gasteiger partial charge in [-0.25, -0.2) is 9.97 Å². The lowest BCUT2D eigenvalue weighted by Crippen LogP contribution is -2.53. The Balaban J connectivity index is 1.31. The molecule has 3 heterocycles. The summed E-state index contributed by atoms with van der Waals surface area (Å²) in [5, 5.41) is 4.56. The SMILES string of the molecule is CC(NCc1cccc2cc[nH]c12)C(=O)N1CCN(c2ncccn2)CC1. The number of nitrogens with one attached hydrogen (secondary N) is 2. The van der Waals surface area contributed by atoms with E-state index in [2.05, 4.69) is 43.4 Å². The number of fused-ring (bicyclic) bond motifs is 1. The number of hydrogen-bond donors (Lipinski definition) is 2. The molecule has 1 aliphatic rings. The van der Waals surface area contributed by atoms with Gasteiger partial charge in [-0.2, -0.15) is 0 Å². The number of nitrogens with zero attached hydrogens (tertiary/aromatic N) is 4. The van der Waals surface area contributed by atoms with Crippen LogP contribution in [0, 0.1) is 0 Å². The van der Waals surface area contributed by atoms with Crippen LogP contribution in [0.1, 0.15) is 12.5 Å². The predicted molar refractivity (Wildman–Crippen MR) is 105 cm³/mol. The predicted octanol–water partition coefficient (Wildman–Crippen LogP) is 1.78. The van der Waals surface area contributed by atoms with Crippen LogP contribution in [0.2, 0.25) is 0 Å². The van der Waals surface area contributed by atoms with Gasteiger partial charge in [0.25, 0.3) is 0 Å². The Morgan fingerprint density at radius 1 is 1.15 bits per heavy atom. The summed E-state index contributed by atoms with van der Waals surface area (Å²) in [6, 6.07) is 9.86. The Kier molecular flexibility index (Phi) is 5.02. The molecule has 1 unspecified atom stereocenters. The third-order valence-corrected chi connectivity index (χ3v) is 5.07. The topological polar surface area (TPSA) is 77.2 Å². The van der Waals surface area contributed by atoms with Crippen LogP contribution in [0.25, 0.3) is 10.9 Å². The minimum Gasteiger partial charge on any atom is -0.361 e. The molecule has 140 valence electrons. The summed E-state index contributed by atoms with van der Waals surface area (Å²) in [7, 11) is 0. The van der Waals surface area contributed by atoms with E-state index in [1.807, 2.05) is 30.2 Å². The van der Waals surface area contributed by atoms with Gasteiger partial charge in [-0.1, -0.05) is 18.2 Å². The molecule has 1 fully saturated rings. The standard InChI is InChI=1S/C20H24N6O/c1-15(24-14-17-5-2-4-16-6-9-21-18(16)17)19(27)25-10-12-26(13-11-25)20-22-7-3-8-23-20/h2-9,15,21,24H,10-14H2,1H3. The van der Waals surface area contributed by atoms with Crippen molar-refractivity contribution >= 4 is 22.8 Å². The molecule has 27 heavy (non-hydrogen) atoms. The van der Waals surface area contributed by atoms with Gasteiger partial charge >= 0.3 is 0 Å². The van der Waals surface area contributed by atoms with Crippen molar-refractivity contribution < 1.29 is 4.79 Å². The second kappa shape index (κ2) is 7.75. The number of H-pyrrole nitrogens is 1. The van der Waals surface area contributed by atoms with Gasteiger partial charge in [0.1, 0.15) is 0 Å². The van der Waals surface area contributed by atoms with Gasteiger partial charge in [0.05, 0.1) is 6.04 Å². The Bertz CT molecular complexity index is 901. The van der Waals surface area contributed by atoms with Gasteiger partial charge in [0.15, 0.2) is 0 Å². The zero-order valence-electron chi connectivity index (χ0n) is 15.4. The lowest BCUT2D eigenvalue weighted by atomic mass is 10.1. The summed E-state index contributed by atoms with van der Waals surface area (Å²) in [5.74, 6) is 0.872. The van der Waals surface area contributed by atoms with Crippen molar-refractivity contribution in [2.75, 3.05) is 31.1 Å². The molecule has 4 rings (SSSR count). The Hall–Kier alpha value is -2.93. The molecular weight excluding hydrogens is 340 g/mol. The second-order valence-electron chi connectivity index (χ2n) is 6.82. The van der Waals surface area contributed by atoms with Gasteiger partial charge < -0.3 is 20.1 Å². The zero-order valence-corrected chi connectivity index (χ0v) is 15.4. The maximum absolute atomic E-state index is 12.8. The minimum atomic E-state index is -0.227. The summed E-state index contributed by atoms with van der Waals surface area (Å²) < 4.78 is 0. The highest BCUT2D eigenvalue weighted by Gasteiger charge is 2.25. The van der Waals surface area contributed by atoms with Crippen LogP contribution in [0.5, 0.6) is 0 Å². The van der Waals surface area contributed by atoms with Crippen molar-refractivity contribution in [3.05, 3.63) is 54.5 Å². The molecule has 0 saturated carbocycles. The highest BCUT2D eigenvalue weighted by atomic mass is 16.2. The van der Waals surface area contributed by atoms with Gasteiger partial charge in [0, 0.05) is 56.8 Å². The van der Waals surface area contributed by atoms with Crippen molar-refractivity contribution in [3.8, 4) is 0 Å². The van der Waals surface area contributed by atoms with Crippen molar-refractivity contribution in [2.45, 2.75) is 19.5 Å². The number of hydrogen-bond acceptors (Lipinski definition) is 5. The summed E-state index contributed by atoms with van der Waals surface area (Å²) >= 11 is 0. The molecule has 3 aromatic rings. The van der Waals surface area contributed by atoms with Crippen LogP contribution in [0.15, 0.2) is 48.9 Å². The van der Waals surface area contributed by atoms with Gasteiger partial charge in [-0.3, -0.25) is 4.79 Å². The smallest absolute Gasteiger partial charge is 0.239 e. The normalized spacial score (nSPS) is 15.9. The van der Waals surface area contributed by atoms with E-state index in [0.717, 1.165) is 24.6 Å². The van der Waals surface area contributed by atoms with E-state index in [-0.39, 0.29) is 11.9 Å². The van der Waals surface area contributed by atoms with Crippen molar-refractivity contribution in [2.24, 2.45) is 0 Å². The average molecular weight is 364 g/mol. The van der Waals surface area contributed by atoms with Crippen molar-refractivity contribution in [3.63, 3.8) is 0 Å². The number of carbonyl (C=O) groups excluding carboxylic acids is 1. The lowest BCUT2D eigenvalue weighted by molar-refractivity contribution is -0.133. The monoisotopic (exact) mass is 364 g/mol. The fourth-order valence-corrected chi connectivity index (χ4v) is 3.50. The van der Waals surface area contributed by atoms with E-state index in [1.165, 1.54) is 10.9 Å². The van der Waals surface area contributed by atoms with E-state index in [1.54, 1.807) is 12.4 Å². The number of rotatable bonds is 5. The molecule has 1 amide bonds. The first-order chi connectivity index (χ1) is 13.2. The van der Waals surface area contributed by atoms with E-state index < -0.39 is 0 Å². The maximum atomic E-state index is 12.8. The highest BCUT2D eigenvalue weighted by molar-refractivity contribution is 5.83. The number of aromatic amines is 1. The van der Waals surface area contributed by atoms with E-state index >= 15 is 0 Å². The molecule has 1 atom stereocenters.